The maximum absolute atomic E-state index is 6.06. The summed E-state index contributed by atoms with van der Waals surface area (Å²) in [6.07, 6.45) is 7.50. The molecule has 0 spiro atoms. The fourth-order valence-corrected chi connectivity index (χ4v) is 2.78. The highest BCUT2D eigenvalue weighted by molar-refractivity contribution is 6.31. The number of nitrogens with two attached hydrogens (primary N) is 1. The number of benzene rings is 1. The number of aryl methyl sites for hydroxylation is 1. The summed E-state index contributed by atoms with van der Waals surface area (Å²) < 4.78 is 0. The smallest absolute Gasteiger partial charge is 0.143 e. The van der Waals surface area contributed by atoms with E-state index in [1.165, 1.54) is 25.7 Å². The van der Waals surface area contributed by atoms with E-state index in [9.17, 15) is 0 Å². The first-order valence-electron chi connectivity index (χ1n) is 7.01. The molecule has 1 aromatic carbocycles. The van der Waals surface area contributed by atoms with Gasteiger partial charge >= 0.3 is 0 Å². The zero-order valence-corrected chi connectivity index (χ0v) is 12.2. The number of amidine groups is 1. The van der Waals surface area contributed by atoms with Crippen LogP contribution < -0.4 is 11.3 Å². The van der Waals surface area contributed by atoms with Crippen molar-refractivity contribution in [3.8, 4) is 0 Å². The summed E-state index contributed by atoms with van der Waals surface area (Å²) >= 11 is 6.06. The van der Waals surface area contributed by atoms with Gasteiger partial charge in [-0.2, -0.15) is 0 Å². The number of hydrogen-bond donors (Lipinski definition) is 2. The summed E-state index contributed by atoms with van der Waals surface area (Å²) in [4.78, 5) is 4.81. The van der Waals surface area contributed by atoms with E-state index in [4.69, 9.17) is 22.4 Å². The molecule has 0 bridgehead atoms. The molecule has 0 atom stereocenters. The summed E-state index contributed by atoms with van der Waals surface area (Å²) in [7, 11) is 0. The largest absolute Gasteiger partial charge is 0.308 e. The topological polar surface area (TPSA) is 50.4 Å². The van der Waals surface area contributed by atoms with Gasteiger partial charge in [-0.05, 0) is 37.5 Å². The van der Waals surface area contributed by atoms with Crippen molar-refractivity contribution in [3.63, 3.8) is 0 Å². The molecule has 0 saturated heterocycles. The lowest BCUT2D eigenvalue weighted by Gasteiger charge is -2.14. The Morgan fingerprint density at radius 3 is 2.58 bits per heavy atom. The quantitative estimate of drug-likeness (QED) is 0.286. The molecule has 4 heteroatoms. The summed E-state index contributed by atoms with van der Waals surface area (Å²) in [5.74, 6) is 6.41. The standard InChI is InChI=1S/C15H22ClN3/c1-11-8-9-12(16)10-14(11)15(19-17)18-13-6-4-2-3-5-7-13/h8-10,13H,2-7,17H2,1H3,(H,18,19). The molecule has 3 N–H and O–H groups in total. The SMILES string of the molecule is Cc1ccc(Cl)cc1C(=NC1CCCCCC1)NN. The van der Waals surface area contributed by atoms with Gasteiger partial charge in [-0.1, -0.05) is 43.4 Å². The van der Waals surface area contributed by atoms with Gasteiger partial charge in [-0.25, -0.2) is 5.84 Å². The first-order valence-corrected chi connectivity index (χ1v) is 7.39. The molecule has 2 rings (SSSR count). The number of aliphatic imine (C=N–C) groups is 1. The van der Waals surface area contributed by atoms with E-state index in [1.54, 1.807) is 0 Å². The van der Waals surface area contributed by atoms with Gasteiger partial charge in [0.25, 0.3) is 0 Å². The fourth-order valence-electron chi connectivity index (χ4n) is 2.60. The molecule has 1 saturated carbocycles. The highest BCUT2D eigenvalue weighted by Crippen LogP contribution is 2.21. The van der Waals surface area contributed by atoms with Crippen molar-refractivity contribution in [3.05, 3.63) is 34.3 Å². The lowest BCUT2D eigenvalue weighted by molar-refractivity contribution is 0.583. The highest BCUT2D eigenvalue weighted by Gasteiger charge is 2.14. The Morgan fingerprint density at radius 1 is 1.26 bits per heavy atom. The number of halogens is 1. The van der Waals surface area contributed by atoms with Gasteiger partial charge in [0.2, 0.25) is 0 Å². The maximum atomic E-state index is 6.06. The van der Waals surface area contributed by atoms with E-state index in [2.05, 4.69) is 5.43 Å². The van der Waals surface area contributed by atoms with Gasteiger partial charge in [-0.3, -0.25) is 4.99 Å². The van der Waals surface area contributed by atoms with Crippen LogP contribution in [0.3, 0.4) is 0 Å². The lowest BCUT2D eigenvalue weighted by Crippen LogP contribution is -2.33. The Bertz CT molecular complexity index is 449. The molecule has 1 aromatic rings. The van der Waals surface area contributed by atoms with E-state index in [0.29, 0.717) is 11.1 Å². The molecular formula is C15H22ClN3. The lowest BCUT2D eigenvalue weighted by atomic mass is 10.1. The molecule has 0 radical (unpaired) electrons. The van der Waals surface area contributed by atoms with Crippen molar-refractivity contribution >= 4 is 17.4 Å². The second-order valence-corrected chi connectivity index (χ2v) is 5.66. The van der Waals surface area contributed by atoms with Crippen LogP contribution in [0.1, 0.15) is 49.7 Å². The molecule has 0 aromatic heterocycles. The minimum absolute atomic E-state index is 0.381. The Labute approximate surface area is 120 Å². The van der Waals surface area contributed by atoms with Gasteiger partial charge < -0.3 is 5.43 Å². The van der Waals surface area contributed by atoms with Crippen LogP contribution in [-0.4, -0.2) is 11.9 Å². The van der Waals surface area contributed by atoms with E-state index in [0.717, 1.165) is 29.8 Å². The van der Waals surface area contributed by atoms with Gasteiger partial charge in [0.15, 0.2) is 0 Å². The third-order valence-electron chi connectivity index (χ3n) is 3.73. The first-order chi connectivity index (χ1) is 9.20. The minimum atomic E-state index is 0.381. The fraction of sp³-hybridized carbons (Fsp3) is 0.533. The van der Waals surface area contributed by atoms with Gasteiger partial charge in [0.05, 0.1) is 6.04 Å². The van der Waals surface area contributed by atoms with Crippen LogP contribution in [0.15, 0.2) is 23.2 Å². The van der Waals surface area contributed by atoms with Crippen LogP contribution in [0, 0.1) is 6.92 Å². The zero-order valence-electron chi connectivity index (χ0n) is 11.5. The predicted molar refractivity (Wildman–Crippen MR) is 81.5 cm³/mol. The molecular weight excluding hydrogens is 258 g/mol. The van der Waals surface area contributed by atoms with Crippen LogP contribution in [0.4, 0.5) is 0 Å². The minimum Gasteiger partial charge on any atom is -0.308 e. The first kappa shape index (κ1) is 14.4. The van der Waals surface area contributed by atoms with Crippen LogP contribution in [0.5, 0.6) is 0 Å². The Balaban J connectivity index is 2.24. The molecule has 104 valence electrons. The second-order valence-electron chi connectivity index (χ2n) is 5.23. The monoisotopic (exact) mass is 279 g/mol. The molecule has 19 heavy (non-hydrogen) atoms. The molecule has 0 heterocycles. The molecule has 3 nitrogen and oxygen atoms in total. The van der Waals surface area contributed by atoms with Crippen LogP contribution in [0.2, 0.25) is 5.02 Å². The molecule has 1 fully saturated rings. The Morgan fingerprint density at radius 2 is 1.95 bits per heavy atom. The molecule has 1 aliphatic carbocycles. The summed E-state index contributed by atoms with van der Waals surface area (Å²) in [5, 5.41) is 0.712. The van der Waals surface area contributed by atoms with Gasteiger partial charge in [0.1, 0.15) is 5.84 Å². The van der Waals surface area contributed by atoms with Gasteiger partial charge in [-0.15, -0.1) is 0 Å². The Kier molecular flexibility index (Phi) is 5.23. The predicted octanol–water partition coefficient (Wildman–Crippen LogP) is 3.58. The maximum Gasteiger partial charge on any atom is 0.143 e. The molecule has 0 unspecified atom stereocenters. The van der Waals surface area contributed by atoms with E-state index < -0.39 is 0 Å². The number of nitrogens with zero attached hydrogens (tertiary/aromatic N) is 1. The highest BCUT2D eigenvalue weighted by atomic mass is 35.5. The van der Waals surface area contributed by atoms with Crippen molar-refractivity contribution in [1.29, 1.82) is 0 Å². The number of hydrazine groups is 1. The normalized spacial score (nSPS) is 18.2. The van der Waals surface area contributed by atoms with Crippen LogP contribution in [-0.2, 0) is 0 Å². The molecule has 1 aliphatic rings. The Hall–Kier alpha value is -1.06. The summed E-state index contributed by atoms with van der Waals surface area (Å²) in [6.45, 7) is 2.05. The zero-order chi connectivity index (χ0) is 13.7. The third-order valence-corrected chi connectivity index (χ3v) is 3.96. The van der Waals surface area contributed by atoms with Crippen molar-refractivity contribution in [2.24, 2.45) is 10.8 Å². The third kappa shape index (κ3) is 3.95. The molecule has 0 amide bonds. The second kappa shape index (κ2) is 6.92. The number of hydrogen-bond acceptors (Lipinski definition) is 2. The van der Waals surface area contributed by atoms with Crippen molar-refractivity contribution in [2.45, 2.75) is 51.5 Å². The van der Waals surface area contributed by atoms with Crippen LogP contribution >= 0.6 is 11.6 Å². The molecule has 0 aliphatic heterocycles. The van der Waals surface area contributed by atoms with Crippen molar-refractivity contribution in [2.75, 3.05) is 0 Å². The van der Waals surface area contributed by atoms with Crippen molar-refractivity contribution < 1.29 is 0 Å². The van der Waals surface area contributed by atoms with E-state index >= 15 is 0 Å². The van der Waals surface area contributed by atoms with E-state index in [1.807, 2.05) is 25.1 Å². The van der Waals surface area contributed by atoms with Crippen molar-refractivity contribution in [1.82, 2.24) is 5.43 Å². The average molecular weight is 280 g/mol. The van der Waals surface area contributed by atoms with Gasteiger partial charge in [0, 0.05) is 10.6 Å². The number of rotatable bonds is 2. The van der Waals surface area contributed by atoms with Crippen LogP contribution in [0.25, 0.3) is 0 Å². The number of nitrogens with one attached hydrogen (secondary N) is 1. The van der Waals surface area contributed by atoms with E-state index in [-0.39, 0.29) is 0 Å². The summed E-state index contributed by atoms with van der Waals surface area (Å²) in [6, 6.07) is 6.19. The average Bonchev–Trinajstić information content (AvgIpc) is 2.67. The summed E-state index contributed by atoms with van der Waals surface area (Å²) in [5.41, 5.74) is 4.88.